The van der Waals surface area contributed by atoms with Gasteiger partial charge >= 0.3 is 0 Å². The molecule has 2 aromatic rings. The van der Waals surface area contributed by atoms with Gasteiger partial charge in [0.25, 0.3) is 0 Å². The maximum atomic E-state index is 13.5. The van der Waals surface area contributed by atoms with E-state index in [0.717, 1.165) is 11.8 Å². The molecule has 1 amide bonds. The Kier molecular flexibility index (Phi) is 6.23. The number of ether oxygens (including phenoxy) is 2. The summed E-state index contributed by atoms with van der Waals surface area (Å²) in [7, 11) is 1.60. The second-order valence-corrected chi connectivity index (χ2v) is 5.24. The average Bonchev–Trinajstić information content (AvgIpc) is 2.55. The van der Waals surface area contributed by atoms with Crippen LogP contribution in [0.25, 0.3) is 0 Å². The summed E-state index contributed by atoms with van der Waals surface area (Å²) in [6, 6.07) is 11.3. The Labute approximate surface area is 139 Å². The molecule has 2 rings (SSSR count). The normalized spacial score (nSPS) is 10.2. The highest BCUT2D eigenvalue weighted by atomic mass is 35.5. The minimum Gasteiger partial charge on any atom is -0.497 e. The van der Waals surface area contributed by atoms with Crippen LogP contribution in [0.5, 0.6) is 11.5 Å². The number of carbonyl (C=O) groups excluding carboxylic acids is 1. The average molecular weight is 338 g/mol. The second kappa shape index (κ2) is 8.39. The fourth-order valence-electron chi connectivity index (χ4n) is 1.90. The molecule has 4 nitrogen and oxygen atoms in total. The van der Waals surface area contributed by atoms with Gasteiger partial charge in [-0.2, -0.15) is 0 Å². The third-order valence-electron chi connectivity index (χ3n) is 3.08. The molecule has 0 atom stereocenters. The fraction of sp³-hybridized carbons (Fsp3) is 0.235. The summed E-state index contributed by atoms with van der Waals surface area (Å²) in [6.45, 7) is 0.392. The van der Waals surface area contributed by atoms with E-state index in [4.69, 9.17) is 21.1 Å². The topological polar surface area (TPSA) is 47.6 Å². The quantitative estimate of drug-likeness (QED) is 0.767. The van der Waals surface area contributed by atoms with Crippen molar-refractivity contribution in [1.29, 1.82) is 0 Å². The zero-order chi connectivity index (χ0) is 16.7. The van der Waals surface area contributed by atoms with E-state index in [9.17, 15) is 9.18 Å². The van der Waals surface area contributed by atoms with Gasteiger partial charge in [-0.25, -0.2) is 4.39 Å². The number of anilines is 1. The summed E-state index contributed by atoms with van der Waals surface area (Å²) in [6.07, 6.45) is 0.755. The van der Waals surface area contributed by atoms with Crippen molar-refractivity contribution in [3.63, 3.8) is 0 Å². The summed E-state index contributed by atoms with van der Waals surface area (Å²) >= 11 is 5.66. The van der Waals surface area contributed by atoms with Crippen molar-refractivity contribution in [3.05, 3.63) is 53.3 Å². The number of methoxy groups -OCH3 is 1. The molecule has 122 valence electrons. The molecule has 0 saturated heterocycles. The lowest BCUT2D eigenvalue weighted by molar-refractivity contribution is -0.116. The minimum absolute atomic E-state index is 0.121. The third kappa shape index (κ3) is 5.45. The zero-order valence-electron chi connectivity index (χ0n) is 12.6. The number of hydrogen-bond acceptors (Lipinski definition) is 3. The van der Waals surface area contributed by atoms with Crippen molar-refractivity contribution >= 4 is 23.2 Å². The fourth-order valence-corrected chi connectivity index (χ4v) is 2.06. The van der Waals surface area contributed by atoms with Gasteiger partial charge in [-0.1, -0.05) is 11.6 Å². The van der Waals surface area contributed by atoms with Gasteiger partial charge in [0.15, 0.2) is 0 Å². The summed E-state index contributed by atoms with van der Waals surface area (Å²) in [5.74, 6) is 0.626. The third-order valence-corrected chi connectivity index (χ3v) is 3.32. The Balaban J connectivity index is 1.72. The Bertz CT molecular complexity index is 661. The van der Waals surface area contributed by atoms with Crippen LogP contribution in [0.2, 0.25) is 5.02 Å². The molecule has 0 heterocycles. The molecule has 1 N–H and O–H groups in total. The summed E-state index contributed by atoms with van der Waals surface area (Å²) in [4.78, 5) is 11.8. The number of hydrogen-bond donors (Lipinski definition) is 1. The number of amides is 1. The SMILES string of the molecule is COc1ccc(OCCCC(=O)Nc2ccc(Cl)cc2F)cc1. The number of benzene rings is 2. The van der Waals surface area contributed by atoms with Gasteiger partial charge in [0.2, 0.25) is 5.91 Å². The Hall–Kier alpha value is -2.27. The first-order valence-corrected chi connectivity index (χ1v) is 7.48. The highest BCUT2D eigenvalue weighted by Crippen LogP contribution is 2.19. The molecular weight excluding hydrogens is 321 g/mol. The molecule has 0 aromatic heterocycles. The van der Waals surface area contributed by atoms with Gasteiger partial charge in [0, 0.05) is 11.4 Å². The van der Waals surface area contributed by atoms with Crippen LogP contribution in [0.3, 0.4) is 0 Å². The lowest BCUT2D eigenvalue weighted by atomic mass is 10.2. The molecule has 2 aromatic carbocycles. The van der Waals surface area contributed by atoms with Crippen molar-refractivity contribution in [1.82, 2.24) is 0 Å². The van der Waals surface area contributed by atoms with E-state index in [0.29, 0.717) is 18.8 Å². The highest BCUT2D eigenvalue weighted by Gasteiger charge is 2.07. The standard InChI is InChI=1S/C17H17ClFNO3/c1-22-13-5-7-14(8-6-13)23-10-2-3-17(21)20-16-9-4-12(18)11-15(16)19/h4-9,11H,2-3,10H2,1H3,(H,20,21). The van der Waals surface area contributed by atoms with Crippen LogP contribution < -0.4 is 14.8 Å². The number of carbonyl (C=O) groups is 1. The van der Waals surface area contributed by atoms with E-state index < -0.39 is 5.82 Å². The van der Waals surface area contributed by atoms with E-state index in [1.54, 1.807) is 31.4 Å². The first kappa shape index (κ1) is 17.1. The molecule has 0 aliphatic carbocycles. The molecular formula is C17H17ClFNO3. The number of nitrogens with one attached hydrogen (secondary N) is 1. The minimum atomic E-state index is -0.555. The van der Waals surface area contributed by atoms with Crippen molar-refractivity contribution in [2.45, 2.75) is 12.8 Å². The van der Waals surface area contributed by atoms with Gasteiger partial charge in [-0.3, -0.25) is 4.79 Å². The maximum Gasteiger partial charge on any atom is 0.224 e. The van der Waals surface area contributed by atoms with Crippen molar-refractivity contribution < 1.29 is 18.7 Å². The first-order valence-electron chi connectivity index (χ1n) is 7.10. The molecule has 0 aliphatic rings. The molecule has 0 unspecified atom stereocenters. The second-order valence-electron chi connectivity index (χ2n) is 4.80. The van der Waals surface area contributed by atoms with E-state index in [1.165, 1.54) is 12.1 Å². The first-order chi connectivity index (χ1) is 11.1. The van der Waals surface area contributed by atoms with Crippen LogP contribution in [0, 0.1) is 5.82 Å². The molecule has 0 fully saturated rings. The molecule has 0 saturated carbocycles. The largest absolute Gasteiger partial charge is 0.497 e. The predicted molar refractivity (Wildman–Crippen MR) is 87.8 cm³/mol. The van der Waals surface area contributed by atoms with Crippen LogP contribution in [0.15, 0.2) is 42.5 Å². The van der Waals surface area contributed by atoms with E-state index in [-0.39, 0.29) is 23.0 Å². The van der Waals surface area contributed by atoms with Gasteiger partial charge in [-0.05, 0) is 48.9 Å². The zero-order valence-corrected chi connectivity index (χ0v) is 13.4. The summed E-state index contributed by atoms with van der Waals surface area (Å²) in [5.41, 5.74) is 0.121. The van der Waals surface area contributed by atoms with Crippen molar-refractivity contribution in [2.75, 3.05) is 19.0 Å². The van der Waals surface area contributed by atoms with Crippen LogP contribution in [-0.2, 0) is 4.79 Å². The van der Waals surface area contributed by atoms with Gasteiger partial charge in [0.1, 0.15) is 17.3 Å². The molecule has 0 aliphatic heterocycles. The molecule has 0 spiro atoms. The van der Waals surface area contributed by atoms with Crippen LogP contribution in [0.1, 0.15) is 12.8 Å². The molecule has 23 heavy (non-hydrogen) atoms. The molecule has 0 bridgehead atoms. The predicted octanol–water partition coefficient (Wildman–Crippen LogP) is 4.29. The van der Waals surface area contributed by atoms with Crippen LogP contribution in [-0.4, -0.2) is 19.6 Å². The summed E-state index contributed by atoms with van der Waals surface area (Å²) < 4.78 is 24.1. The Morgan fingerprint density at radius 2 is 1.87 bits per heavy atom. The van der Waals surface area contributed by atoms with Crippen LogP contribution in [0.4, 0.5) is 10.1 Å². The van der Waals surface area contributed by atoms with Gasteiger partial charge in [0.05, 0.1) is 19.4 Å². The van der Waals surface area contributed by atoms with Crippen molar-refractivity contribution in [3.8, 4) is 11.5 Å². The smallest absolute Gasteiger partial charge is 0.224 e. The maximum absolute atomic E-state index is 13.5. The molecule has 6 heteroatoms. The van der Waals surface area contributed by atoms with E-state index in [1.807, 2.05) is 0 Å². The Morgan fingerprint density at radius 3 is 2.52 bits per heavy atom. The highest BCUT2D eigenvalue weighted by molar-refractivity contribution is 6.30. The molecule has 0 radical (unpaired) electrons. The number of rotatable bonds is 7. The van der Waals surface area contributed by atoms with E-state index >= 15 is 0 Å². The van der Waals surface area contributed by atoms with Gasteiger partial charge in [-0.15, -0.1) is 0 Å². The number of halogens is 2. The van der Waals surface area contributed by atoms with Crippen molar-refractivity contribution in [2.24, 2.45) is 0 Å². The monoisotopic (exact) mass is 337 g/mol. The Morgan fingerprint density at radius 1 is 1.17 bits per heavy atom. The van der Waals surface area contributed by atoms with Crippen LogP contribution >= 0.6 is 11.6 Å². The van der Waals surface area contributed by atoms with Gasteiger partial charge < -0.3 is 14.8 Å². The van der Waals surface area contributed by atoms with E-state index in [2.05, 4.69) is 5.32 Å². The lowest BCUT2D eigenvalue weighted by Crippen LogP contribution is -2.13. The summed E-state index contributed by atoms with van der Waals surface area (Å²) in [5, 5.41) is 2.79. The lowest BCUT2D eigenvalue weighted by Gasteiger charge is -2.08.